The molecule has 0 aromatic carbocycles. The van der Waals surface area contributed by atoms with Gasteiger partial charge >= 0.3 is 0 Å². The van der Waals surface area contributed by atoms with Crippen LogP contribution in [0.5, 0.6) is 0 Å². The third kappa shape index (κ3) is 3.03. The molecule has 5 heteroatoms. The van der Waals surface area contributed by atoms with Crippen LogP contribution >= 0.6 is 0 Å². The number of anilines is 1. The zero-order valence-electron chi connectivity index (χ0n) is 12.7. The molecule has 2 heterocycles. The minimum atomic E-state index is -0.0947. The molecule has 0 aliphatic carbocycles. The molecule has 2 rings (SSSR count). The maximum Gasteiger partial charge on any atom is 0.230 e. The van der Waals surface area contributed by atoms with Crippen LogP contribution in [-0.4, -0.2) is 23.8 Å². The number of hydrogen-bond acceptors (Lipinski definition) is 4. The lowest BCUT2D eigenvalue weighted by molar-refractivity contribution is -0.131. The highest BCUT2D eigenvalue weighted by Gasteiger charge is 2.34. The van der Waals surface area contributed by atoms with Gasteiger partial charge in [-0.2, -0.15) is 0 Å². The quantitative estimate of drug-likeness (QED) is 0.921. The first-order valence-corrected chi connectivity index (χ1v) is 7.42. The smallest absolute Gasteiger partial charge is 0.230 e. The van der Waals surface area contributed by atoms with Crippen LogP contribution in [0.2, 0.25) is 0 Å². The first-order chi connectivity index (χ1) is 9.54. The van der Waals surface area contributed by atoms with Gasteiger partial charge in [-0.25, -0.2) is 0 Å². The van der Waals surface area contributed by atoms with Crippen LogP contribution in [0.15, 0.2) is 4.52 Å². The lowest BCUT2D eigenvalue weighted by Crippen LogP contribution is -2.41. The molecule has 1 aromatic heterocycles. The van der Waals surface area contributed by atoms with E-state index in [0.29, 0.717) is 12.3 Å². The van der Waals surface area contributed by atoms with Crippen molar-refractivity contribution in [3.8, 4) is 0 Å². The molecule has 1 aliphatic heterocycles. The summed E-state index contributed by atoms with van der Waals surface area (Å²) in [5, 5.41) is 6.91. The van der Waals surface area contributed by atoms with E-state index in [9.17, 15) is 4.79 Å². The molecule has 1 aromatic rings. The van der Waals surface area contributed by atoms with E-state index in [0.717, 1.165) is 36.6 Å². The minimum Gasteiger partial charge on any atom is -0.377 e. The molecule has 20 heavy (non-hydrogen) atoms. The van der Waals surface area contributed by atoms with Crippen LogP contribution in [0.25, 0.3) is 0 Å². The molecule has 2 atom stereocenters. The highest BCUT2D eigenvalue weighted by Crippen LogP contribution is 2.29. The topological polar surface area (TPSA) is 64.4 Å². The van der Waals surface area contributed by atoms with Crippen molar-refractivity contribution in [2.75, 3.05) is 11.9 Å². The third-order valence-electron chi connectivity index (χ3n) is 3.86. The Kier molecular flexibility index (Phi) is 4.81. The van der Waals surface area contributed by atoms with Crippen molar-refractivity contribution in [1.82, 2.24) is 5.16 Å². The van der Waals surface area contributed by atoms with Gasteiger partial charge in [0.15, 0.2) is 5.76 Å². The molecule has 0 bridgehead atoms. The van der Waals surface area contributed by atoms with Gasteiger partial charge in [0.05, 0.1) is 12.0 Å². The predicted octanol–water partition coefficient (Wildman–Crippen LogP) is 2.94. The van der Waals surface area contributed by atoms with Crippen molar-refractivity contribution < 1.29 is 14.1 Å². The van der Waals surface area contributed by atoms with Gasteiger partial charge in [0.2, 0.25) is 5.91 Å². The molecule has 1 N–H and O–H groups in total. The van der Waals surface area contributed by atoms with Crippen LogP contribution < -0.4 is 5.32 Å². The maximum absolute atomic E-state index is 12.5. The van der Waals surface area contributed by atoms with Gasteiger partial charge in [-0.3, -0.25) is 4.79 Å². The number of amides is 1. The van der Waals surface area contributed by atoms with Gasteiger partial charge in [-0.1, -0.05) is 25.9 Å². The van der Waals surface area contributed by atoms with Crippen molar-refractivity contribution in [1.29, 1.82) is 0 Å². The third-order valence-corrected chi connectivity index (χ3v) is 3.86. The first-order valence-electron chi connectivity index (χ1n) is 7.42. The molecule has 0 radical (unpaired) electrons. The molecule has 1 saturated heterocycles. The highest BCUT2D eigenvalue weighted by molar-refractivity contribution is 5.94. The summed E-state index contributed by atoms with van der Waals surface area (Å²) < 4.78 is 11.0. The second kappa shape index (κ2) is 6.39. The molecular weight excluding hydrogens is 256 g/mol. The van der Waals surface area contributed by atoms with E-state index in [-0.39, 0.29) is 17.9 Å². The summed E-state index contributed by atoms with van der Waals surface area (Å²) in [5.41, 5.74) is 1.46. The summed E-state index contributed by atoms with van der Waals surface area (Å²) in [5.74, 6) is 0.987. The molecular formula is C15H24N2O3. The Morgan fingerprint density at radius 1 is 1.50 bits per heavy atom. The van der Waals surface area contributed by atoms with Gasteiger partial charge in [0, 0.05) is 13.0 Å². The van der Waals surface area contributed by atoms with E-state index in [1.165, 1.54) is 0 Å². The van der Waals surface area contributed by atoms with E-state index in [2.05, 4.69) is 24.3 Å². The van der Waals surface area contributed by atoms with Crippen molar-refractivity contribution in [3.05, 3.63) is 11.5 Å². The van der Waals surface area contributed by atoms with Crippen LogP contribution in [0.3, 0.4) is 0 Å². The summed E-state index contributed by atoms with van der Waals surface area (Å²) in [6.07, 6.45) is 2.52. The molecule has 1 aliphatic rings. The zero-order valence-corrected chi connectivity index (χ0v) is 12.7. The summed E-state index contributed by atoms with van der Waals surface area (Å²) in [6, 6.07) is 0. The Bertz CT molecular complexity index is 468. The fourth-order valence-electron chi connectivity index (χ4n) is 2.77. The molecule has 0 unspecified atom stereocenters. The SMILES string of the molecule is CCc1onc(C)c1NC(=O)[C@@H]1CCCO[C@@H]1C(C)C. The van der Waals surface area contributed by atoms with Crippen molar-refractivity contribution in [3.63, 3.8) is 0 Å². The summed E-state index contributed by atoms with van der Waals surface area (Å²) in [7, 11) is 0. The van der Waals surface area contributed by atoms with Crippen LogP contribution in [0, 0.1) is 18.8 Å². The number of ether oxygens (including phenoxy) is 1. The Hall–Kier alpha value is -1.36. The minimum absolute atomic E-state index is 0.00556. The van der Waals surface area contributed by atoms with Gasteiger partial charge < -0.3 is 14.6 Å². The van der Waals surface area contributed by atoms with E-state index < -0.39 is 0 Å². The monoisotopic (exact) mass is 280 g/mol. The zero-order chi connectivity index (χ0) is 14.7. The Morgan fingerprint density at radius 3 is 2.90 bits per heavy atom. The van der Waals surface area contributed by atoms with E-state index in [4.69, 9.17) is 9.26 Å². The summed E-state index contributed by atoms with van der Waals surface area (Å²) in [6.45, 7) is 8.77. The van der Waals surface area contributed by atoms with Crippen molar-refractivity contribution >= 4 is 11.6 Å². The maximum atomic E-state index is 12.5. The average Bonchev–Trinajstić information content (AvgIpc) is 2.79. The predicted molar refractivity (Wildman–Crippen MR) is 76.5 cm³/mol. The number of carbonyl (C=O) groups is 1. The second-order valence-electron chi connectivity index (χ2n) is 5.74. The lowest BCUT2D eigenvalue weighted by atomic mass is 9.86. The molecule has 0 saturated carbocycles. The van der Waals surface area contributed by atoms with Crippen molar-refractivity contribution in [2.24, 2.45) is 11.8 Å². The van der Waals surface area contributed by atoms with E-state index in [1.807, 2.05) is 13.8 Å². The number of aromatic nitrogens is 1. The largest absolute Gasteiger partial charge is 0.377 e. The number of rotatable bonds is 4. The molecule has 5 nitrogen and oxygen atoms in total. The van der Waals surface area contributed by atoms with Gasteiger partial charge in [-0.15, -0.1) is 0 Å². The normalized spacial score (nSPS) is 23.1. The number of hydrogen-bond donors (Lipinski definition) is 1. The molecule has 0 spiro atoms. The van der Waals surface area contributed by atoms with E-state index in [1.54, 1.807) is 0 Å². The van der Waals surface area contributed by atoms with Crippen molar-refractivity contribution in [2.45, 2.75) is 53.1 Å². The van der Waals surface area contributed by atoms with E-state index >= 15 is 0 Å². The second-order valence-corrected chi connectivity index (χ2v) is 5.74. The molecule has 112 valence electrons. The van der Waals surface area contributed by atoms with Crippen LogP contribution in [0.4, 0.5) is 5.69 Å². The fraction of sp³-hybridized carbons (Fsp3) is 0.733. The molecule has 1 fully saturated rings. The number of carbonyl (C=O) groups excluding carboxylic acids is 1. The Labute approximate surface area is 120 Å². The standard InChI is InChI=1S/C15H24N2O3/c1-5-12-13(10(4)17-20-12)16-15(18)11-7-6-8-19-14(11)9(2)3/h9,11,14H,5-8H2,1-4H3,(H,16,18)/t11-,14-/m1/s1. The highest BCUT2D eigenvalue weighted by atomic mass is 16.5. The van der Waals surface area contributed by atoms with Gasteiger partial charge in [0.1, 0.15) is 11.4 Å². The van der Waals surface area contributed by atoms with Gasteiger partial charge in [-0.05, 0) is 25.7 Å². The summed E-state index contributed by atoms with van der Waals surface area (Å²) in [4.78, 5) is 12.5. The summed E-state index contributed by atoms with van der Waals surface area (Å²) >= 11 is 0. The Balaban J connectivity index is 2.12. The van der Waals surface area contributed by atoms with Crippen LogP contribution in [0.1, 0.15) is 45.1 Å². The Morgan fingerprint density at radius 2 is 2.25 bits per heavy atom. The average molecular weight is 280 g/mol. The number of nitrogens with zero attached hydrogens (tertiary/aromatic N) is 1. The number of aryl methyl sites for hydroxylation is 2. The first kappa shape index (κ1) is 15.0. The number of nitrogens with one attached hydrogen (secondary N) is 1. The van der Waals surface area contributed by atoms with Gasteiger partial charge in [0.25, 0.3) is 0 Å². The lowest BCUT2D eigenvalue weighted by Gasteiger charge is -2.33. The fourth-order valence-corrected chi connectivity index (χ4v) is 2.77. The van der Waals surface area contributed by atoms with Crippen LogP contribution in [-0.2, 0) is 16.0 Å². The molecule has 1 amide bonds.